The van der Waals surface area contributed by atoms with E-state index in [-0.39, 0.29) is 6.61 Å². The van der Waals surface area contributed by atoms with E-state index in [0.29, 0.717) is 25.6 Å². The first kappa shape index (κ1) is 10.2. The molecule has 1 aromatic rings. The van der Waals surface area contributed by atoms with Gasteiger partial charge in [0, 0.05) is 7.11 Å². The fraction of sp³-hybridized carbons (Fsp3) is 0.556. The highest BCUT2D eigenvalue weighted by molar-refractivity contribution is 5.05. The third-order valence-electron chi connectivity index (χ3n) is 1.55. The van der Waals surface area contributed by atoms with Crippen molar-refractivity contribution >= 4 is 0 Å². The number of hydrogen-bond acceptors (Lipinski definition) is 4. The van der Waals surface area contributed by atoms with Crippen molar-refractivity contribution in [1.82, 2.24) is 0 Å². The highest BCUT2D eigenvalue weighted by Crippen LogP contribution is 2.08. The Balaban J connectivity index is 2.20. The summed E-state index contributed by atoms with van der Waals surface area (Å²) in [5.74, 6) is 1.28. The third kappa shape index (κ3) is 3.59. The summed E-state index contributed by atoms with van der Waals surface area (Å²) in [4.78, 5) is 0. The predicted molar refractivity (Wildman–Crippen MR) is 46.2 cm³/mol. The lowest BCUT2D eigenvalue weighted by molar-refractivity contribution is 0.0527. The first-order valence-electron chi connectivity index (χ1n) is 4.12. The molecule has 0 aliphatic rings. The maximum Gasteiger partial charge on any atom is 0.129 e. The van der Waals surface area contributed by atoms with Crippen LogP contribution >= 0.6 is 0 Å². The molecular weight excluding hydrogens is 172 g/mol. The molecule has 0 fully saturated rings. The maximum atomic E-state index is 8.71. The topological polar surface area (TPSA) is 51.8 Å². The molecule has 4 nitrogen and oxygen atoms in total. The second kappa shape index (κ2) is 5.75. The van der Waals surface area contributed by atoms with Gasteiger partial charge in [0.15, 0.2) is 0 Å². The minimum absolute atomic E-state index is 0.0714. The van der Waals surface area contributed by atoms with Crippen LogP contribution < -0.4 is 0 Å². The second-order valence-corrected chi connectivity index (χ2v) is 2.57. The normalized spacial score (nSPS) is 10.6. The van der Waals surface area contributed by atoms with Crippen LogP contribution in [-0.4, -0.2) is 25.4 Å². The Labute approximate surface area is 77.1 Å². The van der Waals surface area contributed by atoms with Crippen LogP contribution in [0.5, 0.6) is 0 Å². The Morgan fingerprint density at radius 2 is 2.08 bits per heavy atom. The molecule has 74 valence electrons. The Morgan fingerprint density at radius 3 is 2.69 bits per heavy atom. The van der Waals surface area contributed by atoms with Crippen molar-refractivity contribution in [3.63, 3.8) is 0 Å². The molecule has 0 radical (unpaired) electrons. The number of hydrogen-bond donors (Lipinski definition) is 1. The second-order valence-electron chi connectivity index (χ2n) is 2.57. The van der Waals surface area contributed by atoms with E-state index in [4.69, 9.17) is 19.0 Å². The highest BCUT2D eigenvalue weighted by atomic mass is 16.5. The lowest BCUT2D eigenvalue weighted by atomic mass is 10.4. The monoisotopic (exact) mass is 186 g/mol. The van der Waals surface area contributed by atoms with Gasteiger partial charge in [0.1, 0.15) is 24.7 Å². The fourth-order valence-electron chi connectivity index (χ4n) is 0.900. The third-order valence-corrected chi connectivity index (χ3v) is 1.55. The smallest absolute Gasteiger partial charge is 0.129 e. The van der Waals surface area contributed by atoms with E-state index < -0.39 is 0 Å². The van der Waals surface area contributed by atoms with Crippen LogP contribution in [0.1, 0.15) is 11.5 Å². The molecule has 13 heavy (non-hydrogen) atoms. The van der Waals surface area contributed by atoms with Gasteiger partial charge in [-0.1, -0.05) is 0 Å². The van der Waals surface area contributed by atoms with E-state index in [2.05, 4.69) is 0 Å². The molecular formula is C9H14O4. The first-order chi connectivity index (χ1) is 6.36. The standard InChI is InChI=1S/C9H14O4/c1-11-4-5-12-7-9-3-2-8(6-10)13-9/h2-3,10H,4-7H2,1H3. The van der Waals surface area contributed by atoms with Gasteiger partial charge in [-0.2, -0.15) is 0 Å². The van der Waals surface area contributed by atoms with E-state index >= 15 is 0 Å². The molecule has 0 bridgehead atoms. The SMILES string of the molecule is COCCOCc1ccc(CO)o1. The molecule has 1 N–H and O–H groups in total. The van der Waals surface area contributed by atoms with Crippen LogP contribution in [0.15, 0.2) is 16.5 Å². The average molecular weight is 186 g/mol. The molecule has 1 heterocycles. The van der Waals surface area contributed by atoms with Gasteiger partial charge in [-0.25, -0.2) is 0 Å². The summed E-state index contributed by atoms with van der Waals surface area (Å²) < 4.78 is 15.2. The van der Waals surface area contributed by atoms with Gasteiger partial charge in [-0.15, -0.1) is 0 Å². The molecule has 4 heteroatoms. The van der Waals surface area contributed by atoms with Crippen molar-refractivity contribution in [3.05, 3.63) is 23.7 Å². The zero-order valence-electron chi connectivity index (χ0n) is 7.66. The minimum atomic E-state index is -0.0714. The number of ether oxygens (including phenoxy) is 2. The van der Waals surface area contributed by atoms with Crippen LogP contribution in [0, 0.1) is 0 Å². The summed E-state index contributed by atoms with van der Waals surface area (Å²) in [5, 5.41) is 8.71. The van der Waals surface area contributed by atoms with Crippen molar-refractivity contribution in [3.8, 4) is 0 Å². The van der Waals surface area contributed by atoms with Crippen LogP contribution in [0.25, 0.3) is 0 Å². The van der Waals surface area contributed by atoms with E-state index in [9.17, 15) is 0 Å². The summed E-state index contributed by atoms with van der Waals surface area (Å²) in [7, 11) is 1.63. The Hall–Kier alpha value is -0.840. The number of aliphatic hydroxyl groups excluding tert-OH is 1. The lowest BCUT2D eigenvalue weighted by Crippen LogP contribution is -2.00. The van der Waals surface area contributed by atoms with Crippen molar-refractivity contribution in [2.45, 2.75) is 13.2 Å². The highest BCUT2D eigenvalue weighted by Gasteiger charge is 2.00. The van der Waals surface area contributed by atoms with Crippen LogP contribution in [0.2, 0.25) is 0 Å². The Kier molecular flexibility index (Phi) is 4.53. The van der Waals surface area contributed by atoms with E-state index in [1.54, 1.807) is 19.2 Å². The molecule has 0 unspecified atom stereocenters. The van der Waals surface area contributed by atoms with Crippen LogP contribution in [0.3, 0.4) is 0 Å². The molecule has 0 spiro atoms. The lowest BCUT2D eigenvalue weighted by Gasteiger charge is -2.00. The maximum absolute atomic E-state index is 8.71. The largest absolute Gasteiger partial charge is 0.461 e. The molecule has 1 rings (SSSR count). The van der Waals surface area contributed by atoms with E-state index in [1.165, 1.54) is 0 Å². The van der Waals surface area contributed by atoms with Gasteiger partial charge < -0.3 is 19.0 Å². The summed E-state index contributed by atoms with van der Waals surface area (Å²) in [6.07, 6.45) is 0. The van der Waals surface area contributed by atoms with Crippen molar-refractivity contribution < 1.29 is 19.0 Å². The quantitative estimate of drug-likeness (QED) is 0.671. The first-order valence-corrected chi connectivity index (χ1v) is 4.12. The van der Waals surface area contributed by atoms with Gasteiger partial charge in [0.25, 0.3) is 0 Å². The molecule has 0 amide bonds. The molecule has 0 aliphatic carbocycles. The Bertz CT molecular complexity index is 231. The van der Waals surface area contributed by atoms with Gasteiger partial charge in [0.05, 0.1) is 13.2 Å². The summed E-state index contributed by atoms with van der Waals surface area (Å²) in [6.45, 7) is 1.47. The fourth-order valence-corrected chi connectivity index (χ4v) is 0.900. The number of furan rings is 1. The van der Waals surface area contributed by atoms with Crippen molar-refractivity contribution in [2.24, 2.45) is 0 Å². The number of rotatable bonds is 6. The molecule has 1 aromatic heterocycles. The van der Waals surface area contributed by atoms with E-state index in [0.717, 1.165) is 5.76 Å². The molecule has 0 atom stereocenters. The Morgan fingerprint density at radius 1 is 1.31 bits per heavy atom. The zero-order valence-corrected chi connectivity index (χ0v) is 7.66. The van der Waals surface area contributed by atoms with Gasteiger partial charge in [-0.05, 0) is 12.1 Å². The predicted octanol–water partition coefficient (Wildman–Crippen LogP) is 0.935. The summed E-state index contributed by atoms with van der Waals surface area (Å²) in [5.41, 5.74) is 0. The van der Waals surface area contributed by atoms with Crippen molar-refractivity contribution in [1.29, 1.82) is 0 Å². The van der Waals surface area contributed by atoms with Gasteiger partial charge in [-0.3, -0.25) is 0 Å². The number of aliphatic hydroxyl groups is 1. The molecule has 0 aliphatic heterocycles. The summed E-state index contributed by atoms with van der Waals surface area (Å²) in [6, 6.07) is 3.52. The van der Waals surface area contributed by atoms with Crippen LogP contribution in [0.4, 0.5) is 0 Å². The van der Waals surface area contributed by atoms with E-state index in [1.807, 2.05) is 0 Å². The zero-order chi connectivity index (χ0) is 9.52. The molecule has 0 aromatic carbocycles. The average Bonchev–Trinajstić information content (AvgIpc) is 2.60. The number of methoxy groups -OCH3 is 1. The minimum Gasteiger partial charge on any atom is -0.461 e. The van der Waals surface area contributed by atoms with Gasteiger partial charge >= 0.3 is 0 Å². The molecule has 0 saturated carbocycles. The van der Waals surface area contributed by atoms with Crippen LogP contribution in [-0.2, 0) is 22.7 Å². The van der Waals surface area contributed by atoms with Gasteiger partial charge in [0.2, 0.25) is 0 Å². The molecule has 0 saturated heterocycles. The van der Waals surface area contributed by atoms with Crippen molar-refractivity contribution in [2.75, 3.05) is 20.3 Å². The summed E-state index contributed by atoms with van der Waals surface area (Å²) >= 11 is 0.